The average Bonchev–Trinajstić information content (AvgIpc) is 1.38. The second-order valence-electron chi connectivity index (χ2n) is 25.0. The summed E-state index contributed by atoms with van der Waals surface area (Å²) in [6.07, 6.45) is -4.73. The summed E-state index contributed by atoms with van der Waals surface area (Å²) in [6.45, 7) is 17.9. The zero-order valence-electron chi connectivity index (χ0n) is 54.2. The molecule has 4 amide bonds. The maximum atomic E-state index is 15.2. The number of benzene rings is 3. The molecule has 0 N–H and O–H groups in total. The predicted octanol–water partition coefficient (Wildman–Crippen LogP) is 7.56. The van der Waals surface area contributed by atoms with Crippen molar-refractivity contribution in [3.63, 3.8) is 0 Å². The third kappa shape index (κ3) is 18.5. The fourth-order valence-corrected chi connectivity index (χ4v) is 10.8. The molecule has 90 heavy (non-hydrogen) atoms. The fourth-order valence-electron chi connectivity index (χ4n) is 10.8. The Bertz CT molecular complexity index is 3380. The minimum Gasteiger partial charge on any atom is -0.451 e. The van der Waals surface area contributed by atoms with E-state index in [1.165, 1.54) is 52.8 Å². The summed E-state index contributed by atoms with van der Waals surface area (Å²) >= 11 is 0. The summed E-state index contributed by atoms with van der Waals surface area (Å²) in [5.74, 6) is -7.88. The van der Waals surface area contributed by atoms with Crippen LogP contribution in [0.3, 0.4) is 0 Å². The van der Waals surface area contributed by atoms with Crippen molar-refractivity contribution >= 4 is 47.5 Å². The lowest BCUT2D eigenvalue weighted by molar-refractivity contribution is -0.176. The molecule has 5 aromatic rings. The standard InChI is InChI=1S/C68H86N10O12/c1-41(2)30-55-65(83)87-46(10)62(80)74(12)58(33-44(7)8)68(86)90-60(35-48-22-26-50(27-23-48)40-78-54(28-29-71-78)51-18-16-15-17-19-51)64(82)76(14)56(31-42(3)4)66(84)88-45(9)61(79)73(11)57(32-43(5)6)67(85)89-59(63(81)75(55)13)34-47-20-24-49(25-21-47)39-77-53(38-70)36-52(37-69)72-77/h15-29,36,41-46,55-60H,30-35,39-40H2,1-14H3/t45-,46-,55+,56+,57+,58+,59-,60-/m1/s1. The molecule has 22 heteroatoms. The van der Waals surface area contributed by atoms with Crippen LogP contribution in [-0.4, -0.2) is 163 Å². The number of nitrogens with zero attached hydrogens (tertiary/aromatic N) is 10. The maximum absolute atomic E-state index is 15.2. The largest absolute Gasteiger partial charge is 0.451 e. The lowest BCUT2D eigenvalue weighted by atomic mass is 9.99. The van der Waals surface area contributed by atoms with E-state index in [0.717, 1.165) is 36.4 Å². The number of cyclic esters (lactones) is 4. The summed E-state index contributed by atoms with van der Waals surface area (Å²) in [5.41, 5.74) is 4.82. The molecule has 1 aliphatic rings. The molecule has 1 aliphatic heterocycles. The van der Waals surface area contributed by atoms with Crippen LogP contribution in [0.1, 0.15) is 129 Å². The molecule has 0 saturated carbocycles. The van der Waals surface area contributed by atoms with E-state index >= 15 is 9.59 Å². The lowest BCUT2D eigenvalue weighted by Crippen LogP contribution is -2.55. The smallest absolute Gasteiger partial charge is 0.329 e. The van der Waals surface area contributed by atoms with Crippen LogP contribution < -0.4 is 0 Å². The number of ether oxygens (including phenoxy) is 4. The number of amides is 4. The van der Waals surface area contributed by atoms with Gasteiger partial charge < -0.3 is 38.5 Å². The number of likely N-dealkylation sites (N-methyl/N-ethyl adjacent to an activating group) is 4. The number of rotatable bonds is 17. The van der Waals surface area contributed by atoms with Gasteiger partial charge in [-0.15, -0.1) is 0 Å². The Hall–Kier alpha value is -9.18. The number of carbonyl (C=O) groups is 8. The highest BCUT2D eigenvalue weighted by Crippen LogP contribution is 2.26. The number of esters is 4. The Morgan fingerprint density at radius 1 is 0.456 bits per heavy atom. The zero-order chi connectivity index (χ0) is 66.3. The molecule has 8 atom stereocenters. The number of nitriles is 2. The molecule has 480 valence electrons. The van der Waals surface area contributed by atoms with Crippen LogP contribution in [0, 0.1) is 46.3 Å². The molecule has 3 aromatic carbocycles. The quantitative estimate of drug-likeness (QED) is 0.0641. The Kier molecular flexibility index (Phi) is 24.7. The van der Waals surface area contributed by atoms with Gasteiger partial charge in [0.2, 0.25) is 0 Å². The average molecular weight is 1240 g/mol. The number of hydrogen-bond donors (Lipinski definition) is 0. The van der Waals surface area contributed by atoms with E-state index in [-0.39, 0.29) is 80.1 Å². The Balaban J connectivity index is 1.39. The summed E-state index contributed by atoms with van der Waals surface area (Å²) in [4.78, 5) is 123. The second-order valence-corrected chi connectivity index (χ2v) is 25.0. The Morgan fingerprint density at radius 2 is 0.811 bits per heavy atom. The highest BCUT2D eigenvalue weighted by atomic mass is 16.6. The molecule has 0 spiro atoms. The first-order valence-electron chi connectivity index (χ1n) is 30.6. The molecular formula is C68H86N10O12. The van der Waals surface area contributed by atoms with Gasteiger partial charge in [-0.05, 0) is 97.1 Å². The van der Waals surface area contributed by atoms with Crippen LogP contribution in [0.2, 0.25) is 0 Å². The fraction of sp³-hybridized carbons (Fsp3) is 0.500. The van der Waals surface area contributed by atoms with Gasteiger partial charge in [-0.3, -0.25) is 23.9 Å². The van der Waals surface area contributed by atoms with Crippen LogP contribution >= 0.6 is 0 Å². The van der Waals surface area contributed by atoms with Crippen molar-refractivity contribution < 1.29 is 57.3 Å². The number of carbonyl (C=O) groups excluding carboxylic acids is 8. The minimum atomic E-state index is -1.62. The van der Waals surface area contributed by atoms with Crippen molar-refractivity contribution in [2.75, 3.05) is 28.2 Å². The Morgan fingerprint density at radius 3 is 1.18 bits per heavy atom. The van der Waals surface area contributed by atoms with Crippen LogP contribution in [0.15, 0.2) is 97.2 Å². The normalized spacial score (nSPS) is 21.7. The van der Waals surface area contributed by atoms with Crippen LogP contribution in [0.4, 0.5) is 0 Å². The molecule has 6 rings (SSSR count). The van der Waals surface area contributed by atoms with Gasteiger partial charge in [0.1, 0.15) is 42.0 Å². The van der Waals surface area contributed by atoms with Crippen molar-refractivity contribution in [1.29, 1.82) is 10.5 Å². The molecule has 1 fully saturated rings. The van der Waals surface area contributed by atoms with Crippen LogP contribution in [0.25, 0.3) is 11.3 Å². The summed E-state index contributed by atoms with van der Waals surface area (Å²) in [6, 6.07) is 26.0. The van der Waals surface area contributed by atoms with E-state index in [0.29, 0.717) is 23.2 Å². The van der Waals surface area contributed by atoms with Crippen molar-refractivity contribution in [2.24, 2.45) is 23.7 Å². The molecular weight excluding hydrogens is 1150 g/mol. The van der Waals surface area contributed by atoms with Gasteiger partial charge in [-0.2, -0.15) is 20.7 Å². The molecule has 1 saturated heterocycles. The van der Waals surface area contributed by atoms with Crippen LogP contribution in [-0.2, 0) is 83.2 Å². The van der Waals surface area contributed by atoms with E-state index in [4.69, 9.17) is 18.9 Å². The zero-order valence-corrected chi connectivity index (χ0v) is 54.2. The molecule has 0 aliphatic carbocycles. The maximum Gasteiger partial charge on any atom is 0.329 e. The van der Waals surface area contributed by atoms with E-state index in [2.05, 4.69) is 10.2 Å². The van der Waals surface area contributed by atoms with Crippen molar-refractivity contribution in [3.8, 4) is 23.4 Å². The van der Waals surface area contributed by atoms with Gasteiger partial charge in [0.15, 0.2) is 30.1 Å². The Labute approximate surface area is 527 Å². The molecule has 3 heterocycles. The monoisotopic (exact) mass is 1230 g/mol. The van der Waals surface area contributed by atoms with Gasteiger partial charge in [0.25, 0.3) is 23.6 Å². The summed E-state index contributed by atoms with van der Waals surface area (Å²) in [7, 11) is 5.48. The van der Waals surface area contributed by atoms with E-state index < -0.39 is 96.1 Å². The van der Waals surface area contributed by atoms with E-state index in [1.54, 1.807) is 42.6 Å². The van der Waals surface area contributed by atoms with E-state index in [1.807, 2.05) is 121 Å². The SMILES string of the molecule is CC(C)C[C@H]1C(=O)O[C@H](Cc2ccc(Cn3nccc3-c3ccccc3)cc2)C(=O)N(C)[C@@H](CC(C)C)C(=O)O[C@H](C)C(=O)N(C)[C@@H](CC(C)C)C(=O)O[C@H](Cc2ccc(Cn3nc(C#N)cc3C#N)cc2)C(=O)N(C)[C@@H](CC(C)C)C(=O)O[C@H](C)C(=O)N1C. The summed E-state index contributed by atoms with van der Waals surface area (Å²) in [5, 5.41) is 27.8. The van der Waals surface area contributed by atoms with Gasteiger partial charge in [0.05, 0.1) is 18.8 Å². The second kappa shape index (κ2) is 31.8. The lowest BCUT2D eigenvalue weighted by Gasteiger charge is -2.35. The first kappa shape index (κ1) is 69.9. The predicted molar refractivity (Wildman–Crippen MR) is 333 cm³/mol. The van der Waals surface area contributed by atoms with Crippen molar-refractivity contribution in [1.82, 2.24) is 39.2 Å². The third-order valence-electron chi connectivity index (χ3n) is 15.8. The van der Waals surface area contributed by atoms with E-state index in [9.17, 15) is 39.3 Å². The topological polar surface area (TPSA) is 270 Å². The van der Waals surface area contributed by atoms with Crippen LogP contribution in [0.5, 0.6) is 0 Å². The highest BCUT2D eigenvalue weighted by molar-refractivity contribution is 5.94. The van der Waals surface area contributed by atoms with Gasteiger partial charge in [-0.25, -0.2) is 23.9 Å². The van der Waals surface area contributed by atoms with Gasteiger partial charge in [0, 0.05) is 53.3 Å². The number of hydrogen-bond acceptors (Lipinski definition) is 16. The number of aromatic nitrogens is 4. The van der Waals surface area contributed by atoms with Gasteiger partial charge in [-0.1, -0.05) is 134 Å². The molecule has 0 unspecified atom stereocenters. The minimum absolute atomic E-state index is 0.0368. The summed E-state index contributed by atoms with van der Waals surface area (Å²) < 4.78 is 27.6. The van der Waals surface area contributed by atoms with Gasteiger partial charge >= 0.3 is 23.9 Å². The molecule has 2 aromatic heterocycles. The first-order chi connectivity index (χ1) is 42.6. The highest BCUT2D eigenvalue weighted by Gasteiger charge is 2.43. The molecule has 22 nitrogen and oxygen atoms in total. The van der Waals surface area contributed by atoms with Crippen molar-refractivity contribution in [2.45, 2.75) is 169 Å². The molecule has 0 radical (unpaired) electrons. The first-order valence-corrected chi connectivity index (χ1v) is 30.6. The molecule has 0 bridgehead atoms. The third-order valence-corrected chi connectivity index (χ3v) is 15.8. The van der Waals surface area contributed by atoms with Crippen molar-refractivity contribution in [3.05, 3.63) is 131 Å².